The molecule has 6 nitrogen and oxygen atoms in total. The molecule has 0 saturated heterocycles. The Hall–Kier alpha value is -1.67. The van der Waals surface area contributed by atoms with Crippen LogP contribution < -0.4 is 0 Å². The number of rotatable bonds is 5. The highest BCUT2D eigenvalue weighted by molar-refractivity contribution is 7.89. The fraction of sp³-hybridized carbons (Fsp3) is 0.200. The maximum absolute atomic E-state index is 12.8. The molecule has 0 heterocycles. The first-order valence-corrected chi connectivity index (χ1v) is 9.02. The molecule has 128 valence electrons. The topological polar surface area (TPSA) is 80.5 Å². The monoisotopic (exact) mass is 388 g/mol. The summed E-state index contributed by atoms with van der Waals surface area (Å²) in [5.74, 6) is 0. The molecule has 0 saturated carbocycles. The summed E-state index contributed by atoms with van der Waals surface area (Å²) in [6, 6.07) is 9.32. The van der Waals surface area contributed by atoms with Crippen LogP contribution in [-0.4, -0.2) is 24.7 Å². The van der Waals surface area contributed by atoms with Gasteiger partial charge >= 0.3 is 0 Å². The van der Waals surface area contributed by atoms with Gasteiger partial charge in [-0.1, -0.05) is 41.4 Å². The van der Waals surface area contributed by atoms with Gasteiger partial charge in [-0.3, -0.25) is 10.1 Å². The van der Waals surface area contributed by atoms with Gasteiger partial charge in [0.2, 0.25) is 10.0 Å². The van der Waals surface area contributed by atoms with Crippen molar-refractivity contribution < 1.29 is 13.3 Å². The summed E-state index contributed by atoms with van der Waals surface area (Å²) < 4.78 is 26.7. The van der Waals surface area contributed by atoms with Crippen LogP contribution in [0.15, 0.2) is 47.4 Å². The van der Waals surface area contributed by atoms with Gasteiger partial charge in [0, 0.05) is 29.2 Å². The summed E-state index contributed by atoms with van der Waals surface area (Å²) in [7, 11) is -2.74. The SMILES string of the molecule is CC(c1ccc(Cl)cc1Cl)N(C)S(=O)(=O)c1ccccc1[N+](=O)[O-]. The minimum absolute atomic E-state index is 0.319. The van der Waals surface area contributed by atoms with Crippen LogP contribution in [0.4, 0.5) is 5.69 Å². The van der Waals surface area contributed by atoms with Crippen molar-refractivity contribution in [1.29, 1.82) is 0 Å². The van der Waals surface area contributed by atoms with Crippen molar-refractivity contribution in [3.05, 3.63) is 68.2 Å². The standard InChI is InChI=1S/C15H14Cl2N2O4S/c1-10(12-8-7-11(16)9-13(12)17)18(2)24(22,23)15-6-4-3-5-14(15)19(20)21/h3-10H,1-2H3. The van der Waals surface area contributed by atoms with Gasteiger partial charge in [0.1, 0.15) is 0 Å². The summed E-state index contributed by atoms with van der Waals surface area (Å²) in [5, 5.41) is 11.9. The Bertz CT molecular complexity index is 887. The van der Waals surface area contributed by atoms with E-state index in [2.05, 4.69) is 0 Å². The highest BCUT2D eigenvalue weighted by atomic mass is 35.5. The molecule has 1 unspecified atom stereocenters. The lowest BCUT2D eigenvalue weighted by Crippen LogP contribution is -2.30. The Labute approximate surface area is 149 Å². The maximum Gasteiger partial charge on any atom is 0.289 e. The Balaban J connectivity index is 2.48. The number of hydrogen-bond donors (Lipinski definition) is 0. The van der Waals surface area contributed by atoms with Crippen LogP contribution in [0.5, 0.6) is 0 Å². The fourth-order valence-corrected chi connectivity index (χ4v) is 4.29. The van der Waals surface area contributed by atoms with E-state index in [9.17, 15) is 18.5 Å². The average Bonchev–Trinajstić information content (AvgIpc) is 2.53. The van der Waals surface area contributed by atoms with Gasteiger partial charge in [-0.15, -0.1) is 0 Å². The Morgan fingerprint density at radius 2 is 1.79 bits per heavy atom. The van der Waals surface area contributed by atoms with E-state index < -0.39 is 26.7 Å². The van der Waals surface area contributed by atoms with E-state index in [0.29, 0.717) is 15.6 Å². The molecule has 0 aliphatic heterocycles. The first-order valence-electron chi connectivity index (χ1n) is 6.82. The minimum Gasteiger partial charge on any atom is -0.258 e. The first kappa shape index (κ1) is 18.7. The van der Waals surface area contributed by atoms with Crippen molar-refractivity contribution >= 4 is 38.9 Å². The molecule has 0 spiro atoms. The third kappa shape index (κ3) is 3.54. The van der Waals surface area contributed by atoms with Crippen molar-refractivity contribution in [3.63, 3.8) is 0 Å². The smallest absolute Gasteiger partial charge is 0.258 e. The maximum atomic E-state index is 12.8. The molecule has 9 heteroatoms. The Kier molecular flexibility index (Phi) is 5.49. The quantitative estimate of drug-likeness (QED) is 0.565. The van der Waals surface area contributed by atoms with Crippen LogP contribution in [-0.2, 0) is 10.0 Å². The van der Waals surface area contributed by atoms with E-state index in [-0.39, 0.29) is 4.90 Å². The number of halogens is 2. The normalized spacial score (nSPS) is 13.0. The second-order valence-corrected chi connectivity index (χ2v) is 7.90. The van der Waals surface area contributed by atoms with Gasteiger partial charge in [-0.25, -0.2) is 8.42 Å². The molecule has 0 aromatic heterocycles. The number of nitrogens with zero attached hydrogens (tertiary/aromatic N) is 2. The zero-order valence-electron chi connectivity index (χ0n) is 12.8. The van der Waals surface area contributed by atoms with Crippen LogP contribution in [0, 0.1) is 10.1 Å². The van der Waals surface area contributed by atoms with Crippen molar-refractivity contribution in [3.8, 4) is 0 Å². The molecule has 0 fully saturated rings. The van der Waals surface area contributed by atoms with Crippen molar-refractivity contribution in [1.82, 2.24) is 4.31 Å². The first-order chi connectivity index (χ1) is 11.2. The van der Waals surface area contributed by atoms with E-state index in [1.165, 1.54) is 31.3 Å². The van der Waals surface area contributed by atoms with Crippen LogP contribution in [0.2, 0.25) is 10.0 Å². The second-order valence-electron chi connectivity index (χ2n) is 5.09. The molecule has 0 amide bonds. The summed E-state index contributed by atoms with van der Waals surface area (Å²) >= 11 is 12.0. The van der Waals surface area contributed by atoms with Crippen molar-refractivity contribution in [2.24, 2.45) is 0 Å². The molecular formula is C15H14Cl2N2O4S. The van der Waals surface area contributed by atoms with Gasteiger partial charge in [0.25, 0.3) is 5.69 Å². The number of para-hydroxylation sites is 1. The molecular weight excluding hydrogens is 375 g/mol. The number of nitro groups is 1. The van der Waals surface area contributed by atoms with Gasteiger partial charge < -0.3 is 0 Å². The third-order valence-corrected chi connectivity index (χ3v) is 6.21. The number of nitro benzene ring substituents is 1. The number of benzene rings is 2. The van der Waals surface area contributed by atoms with E-state index in [4.69, 9.17) is 23.2 Å². The summed E-state index contributed by atoms with van der Waals surface area (Å²) in [5.41, 5.74) is 0.0736. The largest absolute Gasteiger partial charge is 0.289 e. The number of hydrogen-bond acceptors (Lipinski definition) is 4. The molecule has 0 aliphatic rings. The van der Waals surface area contributed by atoms with E-state index >= 15 is 0 Å². The molecule has 1 atom stereocenters. The van der Waals surface area contributed by atoms with Gasteiger partial charge in [0.15, 0.2) is 4.90 Å². The lowest BCUT2D eigenvalue weighted by molar-refractivity contribution is -0.387. The van der Waals surface area contributed by atoms with Gasteiger partial charge in [0.05, 0.1) is 4.92 Å². The highest BCUT2D eigenvalue weighted by Crippen LogP contribution is 2.34. The molecule has 0 aliphatic carbocycles. The molecule has 2 aromatic rings. The molecule has 0 bridgehead atoms. The van der Waals surface area contributed by atoms with E-state index in [1.807, 2.05) is 0 Å². The average molecular weight is 389 g/mol. The summed E-state index contributed by atoms with van der Waals surface area (Å²) in [4.78, 5) is 10.0. The lowest BCUT2D eigenvalue weighted by atomic mass is 10.1. The zero-order chi connectivity index (χ0) is 18.1. The highest BCUT2D eigenvalue weighted by Gasteiger charge is 2.32. The molecule has 0 radical (unpaired) electrons. The Morgan fingerprint density at radius 1 is 1.17 bits per heavy atom. The van der Waals surface area contributed by atoms with Crippen LogP contribution in [0.25, 0.3) is 0 Å². The second kappa shape index (κ2) is 7.06. The van der Waals surface area contributed by atoms with E-state index in [0.717, 1.165) is 10.4 Å². The number of sulfonamides is 1. The minimum atomic E-state index is -4.09. The van der Waals surface area contributed by atoms with Crippen LogP contribution >= 0.6 is 23.2 Å². The lowest BCUT2D eigenvalue weighted by Gasteiger charge is -2.25. The zero-order valence-corrected chi connectivity index (χ0v) is 15.1. The van der Waals surface area contributed by atoms with Gasteiger partial charge in [-0.2, -0.15) is 4.31 Å². The van der Waals surface area contributed by atoms with Crippen molar-refractivity contribution in [2.45, 2.75) is 17.9 Å². The predicted octanol–water partition coefficient (Wildman–Crippen LogP) is 4.28. The molecule has 0 N–H and O–H groups in total. The predicted molar refractivity (Wildman–Crippen MR) is 92.9 cm³/mol. The summed E-state index contributed by atoms with van der Waals surface area (Å²) in [6.07, 6.45) is 0. The van der Waals surface area contributed by atoms with Crippen molar-refractivity contribution in [2.75, 3.05) is 7.05 Å². The Morgan fingerprint density at radius 3 is 2.38 bits per heavy atom. The van der Waals surface area contributed by atoms with Crippen LogP contribution in [0.3, 0.4) is 0 Å². The van der Waals surface area contributed by atoms with E-state index in [1.54, 1.807) is 19.1 Å². The van der Waals surface area contributed by atoms with Crippen LogP contribution in [0.1, 0.15) is 18.5 Å². The fourth-order valence-electron chi connectivity index (χ4n) is 2.23. The van der Waals surface area contributed by atoms with Gasteiger partial charge in [-0.05, 0) is 30.7 Å². The molecule has 24 heavy (non-hydrogen) atoms. The third-order valence-electron chi connectivity index (χ3n) is 3.68. The molecule has 2 aromatic carbocycles. The molecule has 2 rings (SSSR count). The summed E-state index contributed by atoms with van der Waals surface area (Å²) in [6.45, 7) is 1.64.